The Kier molecular flexibility index (Phi) is 7.71. The van der Waals surface area contributed by atoms with Crippen LogP contribution in [0.25, 0.3) is 87.6 Å². The van der Waals surface area contributed by atoms with Gasteiger partial charge in [-0.2, -0.15) is 0 Å². The smallest absolute Gasteiger partial charge is 0.137 e. The SMILES string of the molecule is Fc1cc(N(c2ccc3c(c2)oc2ccccc23)c2ccc(-c3cccc4ccccc34)c3ccccc23)ccc1-c1cccc2cccc(-c3ccccc3)c12. The van der Waals surface area contributed by atoms with Gasteiger partial charge < -0.3 is 9.32 Å². The molecule has 0 amide bonds. The third-order valence-corrected chi connectivity index (χ3v) is 11.3. The van der Waals surface area contributed by atoms with Crippen molar-refractivity contribution in [3.63, 3.8) is 0 Å². The summed E-state index contributed by atoms with van der Waals surface area (Å²) in [5, 5.41) is 8.76. The minimum atomic E-state index is -0.297. The van der Waals surface area contributed by atoms with E-state index in [0.717, 1.165) is 77.1 Å². The van der Waals surface area contributed by atoms with Crippen LogP contribution in [0.4, 0.5) is 21.5 Å². The molecule has 0 spiro atoms. The molecular formula is C54H34FNO. The second-order valence-electron chi connectivity index (χ2n) is 14.6. The third kappa shape index (κ3) is 5.47. The summed E-state index contributed by atoms with van der Waals surface area (Å²) in [6.45, 7) is 0. The van der Waals surface area contributed by atoms with Crippen molar-refractivity contribution in [3.05, 3.63) is 212 Å². The molecule has 0 unspecified atom stereocenters. The zero-order valence-electron chi connectivity index (χ0n) is 30.9. The summed E-state index contributed by atoms with van der Waals surface area (Å²) in [7, 11) is 0. The van der Waals surface area contributed by atoms with E-state index in [1.165, 1.54) is 16.3 Å². The molecule has 11 aromatic rings. The molecular weight excluding hydrogens is 698 g/mol. The minimum absolute atomic E-state index is 0.297. The van der Waals surface area contributed by atoms with Crippen LogP contribution >= 0.6 is 0 Å². The molecule has 268 valence electrons. The van der Waals surface area contributed by atoms with Gasteiger partial charge in [0, 0.05) is 39.2 Å². The Morgan fingerprint density at radius 3 is 1.75 bits per heavy atom. The van der Waals surface area contributed by atoms with E-state index in [9.17, 15) is 0 Å². The summed E-state index contributed by atoms with van der Waals surface area (Å²) in [4.78, 5) is 2.16. The van der Waals surface area contributed by atoms with Crippen molar-refractivity contribution in [1.82, 2.24) is 0 Å². The molecule has 0 bridgehead atoms. The molecule has 0 fully saturated rings. The Bertz CT molecular complexity index is 3320. The Morgan fingerprint density at radius 2 is 0.930 bits per heavy atom. The lowest BCUT2D eigenvalue weighted by atomic mass is 9.91. The van der Waals surface area contributed by atoms with Gasteiger partial charge >= 0.3 is 0 Å². The van der Waals surface area contributed by atoms with Gasteiger partial charge in [0.1, 0.15) is 17.0 Å². The van der Waals surface area contributed by atoms with Crippen molar-refractivity contribution in [2.45, 2.75) is 0 Å². The monoisotopic (exact) mass is 731 g/mol. The Balaban J connectivity index is 1.12. The second-order valence-corrected chi connectivity index (χ2v) is 14.6. The van der Waals surface area contributed by atoms with Crippen LogP contribution in [-0.2, 0) is 0 Å². The van der Waals surface area contributed by atoms with Gasteiger partial charge in [-0.3, -0.25) is 0 Å². The first kappa shape index (κ1) is 32.9. The van der Waals surface area contributed by atoms with Crippen molar-refractivity contribution in [1.29, 1.82) is 0 Å². The van der Waals surface area contributed by atoms with Crippen LogP contribution in [-0.4, -0.2) is 0 Å². The van der Waals surface area contributed by atoms with Gasteiger partial charge in [0.15, 0.2) is 0 Å². The molecule has 1 heterocycles. The molecule has 0 aliphatic carbocycles. The van der Waals surface area contributed by atoms with E-state index in [4.69, 9.17) is 4.42 Å². The van der Waals surface area contributed by atoms with Gasteiger partial charge in [0.25, 0.3) is 0 Å². The molecule has 0 aliphatic rings. The number of rotatable bonds is 6. The molecule has 0 saturated heterocycles. The van der Waals surface area contributed by atoms with Gasteiger partial charge in [-0.05, 0) is 97.2 Å². The summed E-state index contributed by atoms with van der Waals surface area (Å²) < 4.78 is 23.5. The maximum Gasteiger partial charge on any atom is 0.137 e. The molecule has 3 heteroatoms. The van der Waals surface area contributed by atoms with E-state index < -0.39 is 0 Å². The Morgan fingerprint density at radius 1 is 0.351 bits per heavy atom. The van der Waals surface area contributed by atoms with E-state index in [0.29, 0.717) is 11.3 Å². The predicted octanol–water partition coefficient (Wildman–Crippen LogP) is 15.7. The first-order valence-electron chi connectivity index (χ1n) is 19.3. The fourth-order valence-corrected chi connectivity index (χ4v) is 8.74. The lowest BCUT2D eigenvalue weighted by Gasteiger charge is -2.28. The van der Waals surface area contributed by atoms with Crippen molar-refractivity contribution in [2.75, 3.05) is 4.90 Å². The fourth-order valence-electron chi connectivity index (χ4n) is 8.74. The maximum atomic E-state index is 17.1. The van der Waals surface area contributed by atoms with Crippen LogP contribution in [0.5, 0.6) is 0 Å². The average Bonchev–Trinajstić information content (AvgIpc) is 3.64. The largest absolute Gasteiger partial charge is 0.456 e. The molecule has 0 N–H and O–H groups in total. The zero-order valence-corrected chi connectivity index (χ0v) is 30.9. The summed E-state index contributed by atoms with van der Waals surface area (Å²) in [6, 6.07) is 70.7. The standard InChI is InChI=1S/C54H34FNO/c55-50-33-38(27-29-45(50)49-25-12-18-37-17-11-23-41(54(37)49)36-13-2-1-3-14-36)56(39-28-30-48-47-22-8-9-26-52(47)57-53(48)34-39)51-32-31-44(43-20-6-7-21-46(43)51)42-24-10-16-35-15-4-5-19-40(35)42/h1-34H. The summed E-state index contributed by atoms with van der Waals surface area (Å²) in [5.74, 6) is -0.297. The number of nitrogens with zero attached hydrogens (tertiary/aromatic N) is 1. The summed E-state index contributed by atoms with van der Waals surface area (Å²) in [5.41, 5.74) is 10.0. The van der Waals surface area contributed by atoms with Crippen LogP contribution in [0.2, 0.25) is 0 Å². The molecule has 11 rings (SSSR count). The van der Waals surface area contributed by atoms with Crippen LogP contribution < -0.4 is 4.90 Å². The van der Waals surface area contributed by atoms with Crippen molar-refractivity contribution in [3.8, 4) is 33.4 Å². The highest BCUT2D eigenvalue weighted by molar-refractivity contribution is 6.12. The maximum absolute atomic E-state index is 17.1. The van der Waals surface area contributed by atoms with E-state index >= 15 is 4.39 Å². The van der Waals surface area contributed by atoms with E-state index in [2.05, 4.69) is 144 Å². The normalized spacial score (nSPS) is 11.6. The van der Waals surface area contributed by atoms with Crippen molar-refractivity contribution >= 4 is 71.3 Å². The van der Waals surface area contributed by atoms with Gasteiger partial charge in [-0.1, -0.05) is 158 Å². The fraction of sp³-hybridized carbons (Fsp3) is 0. The number of anilines is 3. The van der Waals surface area contributed by atoms with Gasteiger partial charge in [0.2, 0.25) is 0 Å². The molecule has 0 saturated carbocycles. The molecule has 0 radical (unpaired) electrons. The van der Waals surface area contributed by atoms with Gasteiger partial charge in [-0.15, -0.1) is 0 Å². The highest BCUT2D eigenvalue weighted by Gasteiger charge is 2.22. The highest BCUT2D eigenvalue weighted by atomic mass is 19.1. The first-order valence-corrected chi connectivity index (χ1v) is 19.3. The molecule has 57 heavy (non-hydrogen) atoms. The number of furan rings is 1. The number of benzene rings is 10. The van der Waals surface area contributed by atoms with Gasteiger partial charge in [-0.25, -0.2) is 4.39 Å². The molecule has 2 nitrogen and oxygen atoms in total. The Hall–Kier alpha value is -7.49. The highest BCUT2D eigenvalue weighted by Crippen LogP contribution is 2.46. The van der Waals surface area contributed by atoms with E-state index in [1.807, 2.05) is 60.7 Å². The quantitative estimate of drug-likeness (QED) is 0.169. The minimum Gasteiger partial charge on any atom is -0.456 e. The first-order chi connectivity index (χ1) is 28.2. The average molecular weight is 732 g/mol. The number of fused-ring (bicyclic) bond motifs is 6. The third-order valence-electron chi connectivity index (χ3n) is 11.3. The van der Waals surface area contributed by atoms with Crippen molar-refractivity contribution < 1.29 is 8.81 Å². The number of halogens is 1. The molecule has 0 atom stereocenters. The van der Waals surface area contributed by atoms with E-state index in [-0.39, 0.29) is 5.82 Å². The van der Waals surface area contributed by atoms with Crippen molar-refractivity contribution in [2.24, 2.45) is 0 Å². The van der Waals surface area contributed by atoms with Crippen LogP contribution in [0, 0.1) is 5.82 Å². The lowest BCUT2D eigenvalue weighted by Crippen LogP contribution is -2.11. The molecule has 10 aromatic carbocycles. The number of hydrogen-bond acceptors (Lipinski definition) is 2. The van der Waals surface area contributed by atoms with E-state index in [1.54, 1.807) is 6.07 Å². The topological polar surface area (TPSA) is 16.4 Å². The Labute approximate surface area is 329 Å². The van der Waals surface area contributed by atoms with Crippen LogP contribution in [0.15, 0.2) is 211 Å². The summed E-state index contributed by atoms with van der Waals surface area (Å²) in [6.07, 6.45) is 0. The predicted molar refractivity (Wildman–Crippen MR) is 237 cm³/mol. The number of para-hydroxylation sites is 1. The lowest BCUT2D eigenvalue weighted by molar-refractivity contribution is 0.631. The summed E-state index contributed by atoms with van der Waals surface area (Å²) >= 11 is 0. The van der Waals surface area contributed by atoms with Gasteiger partial charge in [0.05, 0.1) is 5.69 Å². The number of hydrogen-bond donors (Lipinski definition) is 0. The second kappa shape index (κ2) is 13.4. The molecule has 1 aromatic heterocycles. The van der Waals surface area contributed by atoms with Crippen LogP contribution in [0.3, 0.4) is 0 Å². The molecule has 0 aliphatic heterocycles. The van der Waals surface area contributed by atoms with Crippen LogP contribution in [0.1, 0.15) is 0 Å². The zero-order chi connectivity index (χ0) is 37.9.